The van der Waals surface area contributed by atoms with Gasteiger partial charge in [0.25, 0.3) is 0 Å². The molecule has 14 heavy (non-hydrogen) atoms. The smallest absolute Gasteiger partial charge is 0.309 e. The lowest BCUT2D eigenvalue weighted by Crippen LogP contribution is -2.19. The van der Waals surface area contributed by atoms with Gasteiger partial charge in [0.15, 0.2) is 0 Å². The number of hydrogen-bond acceptors (Lipinski definition) is 2. The summed E-state index contributed by atoms with van der Waals surface area (Å²) in [6.07, 6.45) is -1.31. The molecule has 2 N–H and O–H groups in total. The molecule has 0 heterocycles. The Balaban J connectivity index is 2.94. The number of carboxylic acid groups (broad SMARTS) is 1. The third-order valence-electron chi connectivity index (χ3n) is 2.09. The zero-order valence-corrected chi connectivity index (χ0v) is 7.64. The van der Waals surface area contributed by atoms with Gasteiger partial charge >= 0.3 is 5.97 Å². The fourth-order valence-electron chi connectivity index (χ4n) is 1.12. The van der Waals surface area contributed by atoms with Crippen LogP contribution in [0.3, 0.4) is 0 Å². The van der Waals surface area contributed by atoms with E-state index in [1.807, 2.05) is 0 Å². The third kappa shape index (κ3) is 2.09. The van der Waals surface area contributed by atoms with E-state index >= 15 is 0 Å². The van der Waals surface area contributed by atoms with E-state index in [0.717, 1.165) is 0 Å². The maximum atomic E-state index is 13.1. The fourth-order valence-corrected chi connectivity index (χ4v) is 1.12. The number of aliphatic carboxylic acids is 1. The van der Waals surface area contributed by atoms with Crippen molar-refractivity contribution in [3.05, 3.63) is 35.6 Å². The first-order valence-corrected chi connectivity index (χ1v) is 4.19. The minimum atomic E-state index is -1.31. The standard InChI is InChI=1S/C10H11FO3/c1-6(10(13)14)9(12)7-4-2-3-5-8(7)11/h2-6,9,12H,1H3,(H,13,14). The van der Waals surface area contributed by atoms with Gasteiger partial charge in [0, 0.05) is 5.56 Å². The van der Waals surface area contributed by atoms with E-state index in [1.165, 1.54) is 25.1 Å². The van der Waals surface area contributed by atoms with E-state index in [2.05, 4.69) is 0 Å². The quantitative estimate of drug-likeness (QED) is 0.775. The molecule has 0 aliphatic heterocycles. The van der Waals surface area contributed by atoms with Gasteiger partial charge in [-0.25, -0.2) is 4.39 Å². The van der Waals surface area contributed by atoms with Crippen LogP contribution in [0.25, 0.3) is 0 Å². The molecular weight excluding hydrogens is 187 g/mol. The summed E-state index contributed by atoms with van der Waals surface area (Å²) in [7, 11) is 0. The molecule has 1 aromatic carbocycles. The third-order valence-corrected chi connectivity index (χ3v) is 2.09. The summed E-state index contributed by atoms with van der Waals surface area (Å²) in [5, 5.41) is 18.1. The van der Waals surface area contributed by atoms with Crippen LogP contribution >= 0.6 is 0 Å². The minimum absolute atomic E-state index is 0.0161. The number of hydrogen-bond donors (Lipinski definition) is 2. The monoisotopic (exact) mass is 198 g/mol. The van der Waals surface area contributed by atoms with Crippen molar-refractivity contribution in [1.82, 2.24) is 0 Å². The van der Waals surface area contributed by atoms with Crippen molar-refractivity contribution in [3.63, 3.8) is 0 Å². The molecule has 3 nitrogen and oxygen atoms in total. The summed E-state index contributed by atoms with van der Waals surface area (Å²) < 4.78 is 13.1. The van der Waals surface area contributed by atoms with Gasteiger partial charge in [-0.3, -0.25) is 4.79 Å². The molecular formula is C10H11FO3. The Kier molecular flexibility index (Phi) is 3.19. The average molecular weight is 198 g/mol. The van der Waals surface area contributed by atoms with Gasteiger partial charge < -0.3 is 10.2 Å². The highest BCUT2D eigenvalue weighted by molar-refractivity contribution is 5.70. The lowest BCUT2D eigenvalue weighted by atomic mass is 9.97. The number of aliphatic hydroxyl groups is 1. The molecule has 0 amide bonds. The first-order valence-electron chi connectivity index (χ1n) is 4.19. The number of aliphatic hydroxyl groups excluding tert-OH is 1. The molecule has 1 aromatic rings. The lowest BCUT2D eigenvalue weighted by molar-refractivity contribution is -0.145. The van der Waals surface area contributed by atoms with E-state index in [1.54, 1.807) is 6.07 Å². The summed E-state index contributed by atoms with van der Waals surface area (Å²) in [6, 6.07) is 5.60. The van der Waals surface area contributed by atoms with E-state index in [4.69, 9.17) is 5.11 Å². The van der Waals surface area contributed by atoms with Crippen molar-refractivity contribution in [2.24, 2.45) is 5.92 Å². The highest BCUT2D eigenvalue weighted by Crippen LogP contribution is 2.23. The van der Waals surface area contributed by atoms with E-state index in [9.17, 15) is 14.3 Å². The van der Waals surface area contributed by atoms with E-state index < -0.39 is 23.8 Å². The minimum Gasteiger partial charge on any atom is -0.481 e. The van der Waals surface area contributed by atoms with Crippen LogP contribution in [0.1, 0.15) is 18.6 Å². The van der Waals surface area contributed by atoms with Crippen LogP contribution in [0, 0.1) is 11.7 Å². The first kappa shape index (κ1) is 10.7. The number of carbonyl (C=O) groups is 1. The van der Waals surface area contributed by atoms with Gasteiger partial charge in [-0.05, 0) is 13.0 Å². The zero-order valence-electron chi connectivity index (χ0n) is 7.64. The van der Waals surface area contributed by atoms with Gasteiger partial charge in [0.1, 0.15) is 5.82 Å². The van der Waals surface area contributed by atoms with Gasteiger partial charge in [0.05, 0.1) is 12.0 Å². The number of benzene rings is 1. The fraction of sp³-hybridized carbons (Fsp3) is 0.300. The molecule has 0 radical (unpaired) electrons. The Bertz CT molecular complexity index is 338. The Labute approximate surface area is 80.8 Å². The molecule has 0 fully saturated rings. The van der Waals surface area contributed by atoms with Crippen LogP contribution in [0.5, 0.6) is 0 Å². The van der Waals surface area contributed by atoms with Gasteiger partial charge in [-0.2, -0.15) is 0 Å². The molecule has 4 heteroatoms. The second-order valence-corrected chi connectivity index (χ2v) is 3.09. The SMILES string of the molecule is CC(C(=O)O)C(O)c1ccccc1F. The largest absolute Gasteiger partial charge is 0.481 e. The molecule has 76 valence electrons. The molecule has 0 saturated heterocycles. The van der Waals surface area contributed by atoms with Crippen LogP contribution in [0.2, 0.25) is 0 Å². The van der Waals surface area contributed by atoms with Crippen molar-refractivity contribution in [2.75, 3.05) is 0 Å². The highest BCUT2D eigenvalue weighted by Gasteiger charge is 2.24. The second kappa shape index (κ2) is 4.19. The topological polar surface area (TPSA) is 57.5 Å². The molecule has 0 saturated carbocycles. The maximum absolute atomic E-state index is 13.1. The molecule has 2 atom stereocenters. The Morgan fingerprint density at radius 3 is 2.50 bits per heavy atom. The van der Waals surface area contributed by atoms with Crippen LogP contribution in [-0.4, -0.2) is 16.2 Å². The van der Waals surface area contributed by atoms with Gasteiger partial charge in [-0.15, -0.1) is 0 Å². The summed E-state index contributed by atoms with van der Waals surface area (Å²) in [5.41, 5.74) is 0.0161. The van der Waals surface area contributed by atoms with Crippen LogP contribution < -0.4 is 0 Å². The van der Waals surface area contributed by atoms with E-state index in [-0.39, 0.29) is 5.56 Å². The summed E-state index contributed by atoms with van der Waals surface area (Å²) in [4.78, 5) is 10.5. The van der Waals surface area contributed by atoms with Crippen LogP contribution in [0.4, 0.5) is 4.39 Å². The second-order valence-electron chi connectivity index (χ2n) is 3.09. The number of halogens is 1. The Morgan fingerprint density at radius 1 is 1.43 bits per heavy atom. The van der Waals surface area contributed by atoms with Crippen molar-refractivity contribution in [3.8, 4) is 0 Å². The predicted molar refractivity (Wildman–Crippen MR) is 48.2 cm³/mol. The maximum Gasteiger partial charge on any atom is 0.309 e. The highest BCUT2D eigenvalue weighted by atomic mass is 19.1. The molecule has 0 bridgehead atoms. The van der Waals surface area contributed by atoms with Crippen molar-refractivity contribution in [1.29, 1.82) is 0 Å². The summed E-state index contributed by atoms with van der Waals surface area (Å²) in [6.45, 7) is 1.33. The normalized spacial score (nSPS) is 14.8. The van der Waals surface area contributed by atoms with Crippen LogP contribution in [0.15, 0.2) is 24.3 Å². The number of carboxylic acids is 1. The summed E-state index contributed by atoms with van der Waals surface area (Å²) in [5.74, 6) is -2.76. The molecule has 0 aliphatic carbocycles. The Morgan fingerprint density at radius 2 is 2.00 bits per heavy atom. The molecule has 0 spiro atoms. The van der Waals surface area contributed by atoms with Crippen molar-refractivity contribution >= 4 is 5.97 Å². The Hall–Kier alpha value is -1.42. The van der Waals surface area contributed by atoms with E-state index in [0.29, 0.717) is 0 Å². The summed E-state index contributed by atoms with van der Waals surface area (Å²) >= 11 is 0. The van der Waals surface area contributed by atoms with Crippen molar-refractivity contribution in [2.45, 2.75) is 13.0 Å². The van der Waals surface area contributed by atoms with Gasteiger partial charge in [0.2, 0.25) is 0 Å². The first-order chi connectivity index (χ1) is 6.54. The lowest BCUT2D eigenvalue weighted by Gasteiger charge is -2.15. The zero-order chi connectivity index (χ0) is 10.7. The van der Waals surface area contributed by atoms with Crippen molar-refractivity contribution < 1.29 is 19.4 Å². The molecule has 0 aliphatic rings. The molecule has 0 aromatic heterocycles. The predicted octanol–water partition coefficient (Wildman–Crippen LogP) is 1.58. The molecule has 1 rings (SSSR count). The number of rotatable bonds is 3. The van der Waals surface area contributed by atoms with Crippen LogP contribution in [-0.2, 0) is 4.79 Å². The average Bonchev–Trinajstić information content (AvgIpc) is 2.16. The molecule has 2 unspecified atom stereocenters. The van der Waals surface area contributed by atoms with Gasteiger partial charge in [-0.1, -0.05) is 18.2 Å².